The van der Waals surface area contributed by atoms with E-state index in [1.165, 1.54) is 4.90 Å². The zero-order valence-corrected chi connectivity index (χ0v) is 15.9. The Balaban J connectivity index is 2.27. The van der Waals surface area contributed by atoms with Crippen molar-refractivity contribution in [3.05, 3.63) is 71.0 Å². The molecule has 0 saturated carbocycles. The quantitative estimate of drug-likeness (QED) is 0.865. The van der Waals surface area contributed by atoms with Crippen molar-refractivity contribution < 1.29 is 19.4 Å². The molecular formula is C22H23NO4. The molecule has 2 aromatic carbocycles. The second kappa shape index (κ2) is 7.27. The number of carbonyl (C=O) groups excluding carboxylic acids is 2. The van der Waals surface area contributed by atoms with Crippen LogP contribution in [0.4, 0.5) is 5.69 Å². The van der Waals surface area contributed by atoms with Gasteiger partial charge >= 0.3 is 0 Å². The fourth-order valence-corrected chi connectivity index (χ4v) is 3.44. The van der Waals surface area contributed by atoms with E-state index in [0.717, 1.165) is 5.56 Å². The van der Waals surface area contributed by atoms with Crippen molar-refractivity contribution >= 4 is 17.4 Å². The third-order valence-corrected chi connectivity index (χ3v) is 4.81. The first-order valence-electron chi connectivity index (χ1n) is 8.88. The molecule has 1 aliphatic rings. The topological polar surface area (TPSA) is 66.8 Å². The zero-order chi connectivity index (χ0) is 19.7. The maximum absolute atomic E-state index is 13.0. The number of anilines is 1. The van der Waals surface area contributed by atoms with Crippen molar-refractivity contribution in [3.8, 4) is 5.75 Å². The average Bonchev–Trinajstić information content (AvgIpc) is 2.92. The number of ketones is 1. The lowest BCUT2D eigenvalue weighted by atomic mass is 9.90. The first kappa shape index (κ1) is 18.7. The van der Waals surface area contributed by atoms with Crippen molar-refractivity contribution in [2.75, 3.05) is 12.0 Å². The van der Waals surface area contributed by atoms with E-state index in [0.29, 0.717) is 17.0 Å². The Labute approximate surface area is 158 Å². The number of hydrogen-bond donors (Lipinski definition) is 1. The van der Waals surface area contributed by atoms with Gasteiger partial charge in [-0.25, -0.2) is 0 Å². The number of aryl methyl sites for hydroxylation is 1. The van der Waals surface area contributed by atoms with E-state index in [4.69, 9.17) is 4.74 Å². The summed E-state index contributed by atoms with van der Waals surface area (Å²) in [5.41, 5.74) is 2.29. The molecule has 0 bridgehead atoms. The number of hydrogen-bond acceptors (Lipinski definition) is 4. The van der Waals surface area contributed by atoms with Gasteiger partial charge in [0, 0.05) is 17.2 Å². The van der Waals surface area contributed by atoms with Gasteiger partial charge in [-0.1, -0.05) is 50.2 Å². The number of para-hydroxylation sites is 2. The largest absolute Gasteiger partial charge is 0.503 e. The molecule has 0 saturated heterocycles. The molecule has 1 aliphatic heterocycles. The van der Waals surface area contributed by atoms with Crippen LogP contribution in [0.5, 0.6) is 5.75 Å². The summed E-state index contributed by atoms with van der Waals surface area (Å²) in [5.74, 6) is -1.13. The summed E-state index contributed by atoms with van der Waals surface area (Å²) in [6.07, 6.45) is 0. The van der Waals surface area contributed by atoms with E-state index < -0.39 is 17.7 Å². The van der Waals surface area contributed by atoms with Crippen LogP contribution >= 0.6 is 0 Å². The first-order valence-corrected chi connectivity index (χ1v) is 8.88. The van der Waals surface area contributed by atoms with E-state index in [9.17, 15) is 14.7 Å². The number of carbonyl (C=O) groups is 2. The van der Waals surface area contributed by atoms with Crippen LogP contribution in [0.1, 0.15) is 31.0 Å². The lowest BCUT2D eigenvalue weighted by Crippen LogP contribution is -2.32. The molecule has 0 spiro atoms. The molecule has 0 aliphatic carbocycles. The van der Waals surface area contributed by atoms with Crippen LogP contribution in [0.2, 0.25) is 0 Å². The Kier molecular flexibility index (Phi) is 5.04. The number of Topliss-reactive ketones (excluding diaryl/α,β-unsaturated/α-hetero) is 1. The number of aliphatic hydroxyl groups is 1. The van der Waals surface area contributed by atoms with Crippen molar-refractivity contribution in [1.82, 2.24) is 0 Å². The molecule has 0 aromatic heterocycles. The van der Waals surface area contributed by atoms with Crippen LogP contribution in [0.3, 0.4) is 0 Å². The van der Waals surface area contributed by atoms with E-state index in [1.807, 2.05) is 49.4 Å². The van der Waals surface area contributed by atoms with Gasteiger partial charge in [0.1, 0.15) is 5.75 Å². The number of benzene rings is 2. The normalized spacial score (nSPS) is 17.0. The number of methoxy groups -OCH3 is 1. The van der Waals surface area contributed by atoms with Gasteiger partial charge in [-0.05, 0) is 24.6 Å². The zero-order valence-electron chi connectivity index (χ0n) is 15.9. The van der Waals surface area contributed by atoms with Crippen LogP contribution in [-0.4, -0.2) is 23.9 Å². The van der Waals surface area contributed by atoms with Gasteiger partial charge in [0.15, 0.2) is 11.5 Å². The molecule has 1 unspecified atom stereocenters. The van der Waals surface area contributed by atoms with Crippen molar-refractivity contribution in [2.24, 2.45) is 5.92 Å². The molecule has 140 valence electrons. The third-order valence-electron chi connectivity index (χ3n) is 4.81. The minimum Gasteiger partial charge on any atom is -0.503 e. The SMILES string of the molecule is COc1ccccc1C1C(C(=O)C(C)C)=C(O)C(=O)N1c1ccccc1C. The molecule has 2 aromatic rings. The summed E-state index contributed by atoms with van der Waals surface area (Å²) in [7, 11) is 1.54. The lowest BCUT2D eigenvalue weighted by molar-refractivity contribution is -0.119. The van der Waals surface area contributed by atoms with Gasteiger partial charge in [0.05, 0.1) is 18.7 Å². The van der Waals surface area contributed by atoms with E-state index >= 15 is 0 Å². The summed E-state index contributed by atoms with van der Waals surface area (Å²) in [5, 5.41) is 10.6. The maximum Gasteiger partial charge on any atom is 0.294 e. The Morgan fingerprint density at radius 3 is 2.37 bits per heavy atom. The van der Waals surface area contributed by atoms with E-state index in [1.54, 1.807) is 27.0 Å². The van der Waals surface area contributed by atoms with Gasteiger partial charge in [-0.2, -0.15) is 0 Å². The minimum absolute atomic E-state index is 0.114. The summed E-state index contributed by atoms with van der Waals surface area (Å²) >= 11 is 0. The molecule has 1 atom stereocenters. The molecule has 3 rings (SSSR count). The Bertz CT molecular complexity index is 929. The van der Waals surface area contributed by atoms with Crippen LogP contribution in [0.25, 0.3) is 0 Å². The van der Waals surface area contributed by atoms with Crippen LogP contribution in [0, 0.1) is 12.8 Å². The molecule has 1 heterocycles. The summed E-state index contributed by atoms with van der Waals surface area (Å²) in [4.78, 5) is 27.4. The van der Waals surface area contributed by atoms with E-state index in [-0.39, 0.29) is 17.3 Å². The highest BCUT2D eigenvalue weighted by molar-refractivity contribution is 6.17. The molecule has 0 fully saturated rings. The predicted octanol–water partition coefficient (Wildman–Crippen LogP) is 4.13. The highest BCUT2D eigenvalue weighted by Gasteiger charge is 2.46. The second-order valence-electron chi connectivity index (χ2n) is 6.89. The van der Waals surface area contributed by atoms with Crippen molar-refractivity contribution in [3.63, 3.8) is 0 Å². The van der Waals surface area contributed by atoms with Gasteiger partial charge in [0.2, 0.25) is 0 Å². The highest BCUT2D eigenvalue weighted by atomic mass is 16.5. The smallest absolute Gasteiger partial charge is 0.294 e. The van der Waals surface area contributed by atoms with Crippen LogP contribution in [0.15, 0.2) is 59.9 Å². The molecular weight excluding hydrogens is 342 g/mol. The second-order valence-corrected chi connectivity index (χ2v) is 6.89. The first-order chi connectivity index (χ1) is 12.9. The lowest BCUT2D eigenvalue weighted by Gasteiger charge is -2.29. The fourth-order valence-electron chi connectivity index (χ4n) is 3.44. The molecule has 5 nitrogen and oxygen atoms in total. The summed E-state index contributed by atoms with van der Waals surface area (Å²) < 4.78 is 5.48. The number of rotatable bonds is 5. The molecule has 1 amide bonds. The third kappa shape index (κ3) is 3.10. The van der Waals surface area contributed by atoms with E-state index in [2.05, 4.69) is 0 Å². The number of amides is 1. The Morgan fingerprint density at radius 2 is 1.74 bits per heavy atom. The molecule has 5 heteroatoms. The minimum atomic E-state index is -0.746. The van der Waals surface area contributed by atoms with Crippen molar-refractivity contribution in [2.45, 2.75) is 26.8 Å². The number of ether oxygens (including phenoxy) is 1. The summed E-state index contributed by atoms with van der Waals surface area (Å²) in [6, 6.07) is 13.9. The van der Waals surface area contributed by atoms with Crippen LogP contribution < -0.4 is 9.64 Å². The molecule has 0 radical (unpaired) electrons. The number of nitrogens with zero attached hydrogens (tertiary/aromatic N) is 1. The standard InChI is InChI=1S/C22H23NO4/c1-13(2)20(24)18-19(15-10-6-8-12-17(15)27-4)23(22(26)21(18)25)16-11-7-5-9-14(16)3/h5-13,19,25H,1-4H3. The van der Waals surface area contributed by atoms with Gasteiger partial charge in [-0.15, -0.1) is 0 Å². The molecule has 27 heavy (non-hydrogen) atoms. The maximum atomic E-state index is 13.0. The van der Waals surface area contributed by atoms with Crippen molar-refractivity contribution in [1.29, 1.82) is 0 Å². The Hall–Kier alpha value is -3.08. The van der Waals surface area contributed by atoms with Crippen LogP contribution in [-0.2, 0) is 9.59 Å². The summed E-state index contributed by atoms with van der Waals surface area (Å²) in [6.45, 7) is 5.40. The van der Waals surface area contributed by atoms with Gasteiger partial charge in [-0.3, -0.25) is 14.5 Å². The molecule has 1 N–H and O–H groups in total. The Morgan fingerprint density at radius 1 is 1.11 bits per heavy atom. The monoisotopic (exact) mass is 365 g/mol. The van der Waals surface area contributed by atoms with Gasteiger partial charge < -0.3 is 9.84 Å². The fraction of sp³-hybridized carbons (Fsp3) is 0.273. The predicted molar refractivity (Wildman–Crippen MR) is 104 cm³/mol. The average molecular weight is 365 g/mol. The van der Waals surface area contributed by atoms with Gasteiger partial charge in [0.25, 0.3) is 5.91 Å². The number of aliphatic hydroxyl groups excluding tert-OH is 1. The highest BCUT2D eigenvalue weighted by Crippen LogP contribution is 2.45.